The second kappa shape index (κ2) is 9.03. The average molecular weight is 464 g/mol. The number of pyridine rings is 1. The van der Waals surface area contributed by atoms with E-state index in [0.717, 1.165) is 82.9 Å². The van der Waals surface area contributed by atoms with E-state index in [1.165, 1.54) is 0 Å². The van der Waals surface area contributed by atoms with Gasteiger partial charge >= 0.3 is 6.18 Å². The summed E-state index contributed by atoms with van der Waals surface area (Å²) in [4.78, 5) is 20.4. The van der Waals surface area contributed by atoms with Gasteiger partial charge in [0.1, 0.15) is 11.6 Å². The van der Waals surface area contributed by atoms with Gasteiger partial charge in [0.05, 0.1) is 24.5 Å². The molecule has 3 saturated heterocycles. The zero-order chi connectivity index (χ0) is 23.0. The van der Waals surface area contributed by atoms with Crippen LogP contribution in [0.3, 0.4) is 0 Å². The Hall–Kier alpha value is -2.50. The molecule has 33 heavy (non-hydrogen) atoms. The quantitative estimate of drug-likeness (QED) is 0.726. The van der Waals surface area contributed by atoms with Gasteiger partial charge in [-0.15, -0.1) is 0 Å². The Morgan fingerprint density at radius 1 is 1.03 bits per heavy atom. The molecule has 5 heterocycles. The highest BCUT2D eigenvalue weighted by Crippen LogP contribution is 2.32. The molecule has 1 N–H and O–H groups in total. The average Bonchev–Trinajstić information content (AvgIpc) is 3.19. The first-order valence-electron chi connectivity index (χ1n) is 11.3. The molecule has 11 heteroatoms. The molecule has 3 fully saturated rings. The zero-order valence-electron chi connectivity index (χ0n) is 18.6. The number of halogens is 3. The summed E-state index contributed by atoms with van der Waals surface area (Å²) in [7, 11) is 2.08. The summed E-state index contributed by atoms with van der Waals surface area (Å²) in [6.45, 7) is 6.93. The van der Waals surface area contributed by atoms with E-state index in [-0.39, 0.29) is 11.7 Å². The van der Waals surface area contributed by atoms with E-state index in [1.807, 2.05) is 6.07 Å². The first-order valence-corrected chi connectivity index (χ1v) is 11.3. The van der Waals surface area contributed by atoms with Gasteiger partial charge in [-0.3, -0.25) is 4.90 Å². The fraction of sp³-hybridized carbons (Fsp3) is 0.591. The van der Waals surface area contributed by atoms with Crippen LogP contribution in [0, 0.1) is 0 Å². The normalized spacial score (nSPS) is 23.0. The summed E-state index contributed by atoms with van der Waals surface area (Å²) in [6.07, 6.45) is -2.28. The smallest absolute Gasteiger partial charge is 0.379 e. The van der Waals surface area contributed by atoms with Crippen LogP contribution in [0.1, 0.15) is 23.6 Å². The number of morpholine rings is 1. The molecule has 0 aromatic carbocycles. The predicted molar refractivity (Wildman–Crippen MR) is 118 cm³/mol. The lowest BCUT2D eigenvalue weighted by Gasteiger charge is -2.46. The van der Waals surface area contributed by atoms with E-state index >= 15 is 0 Å². The van der Waals surface area contributed by atoms with Crippen molar-refractivity contribution in [1.82, 2.24) is 24.8 Å². The number of nitrogens with one attached hydrogen (secondary N) is 1. The van der Waals surface area contributed by atoms with E-state index in [1.54, 1.807) is 0 Å². The fourth-order valence-electron chi connectivity index (χ4n) is 4.64. The standard InChI is InChI=1S/C22H28F3N7O/c1-30-5-3-15(12-30)18-11-20(28-19-10-16(2-4-26-19)22(23,24)25)29-21(27-18)32-13-17(14-32)31-6-8-33-9-7-31/h2,4,10-11,15,17H,3,5-9,12-14H2,1H3,(H,26,27,28,29). The van der Waals surface area contributed by atoms with Crippen LogP contribution >= 0.6 is 0 Å². The molecule has 178 valence electrons. The maximum atomic E-state index is 13.1. The van der Waals surface area contributed by atoms with Gasteiger partial charge in [0.2, 0.25) is 5.95 Å². The molecule has 0 saturated carbocycles. The maximum Gasteiger partial charge on any atom is 0.416 e. The van der Waals surface area contributed by atoms with Crippen LogP contribution in [0.4, 0.5) is 30.8 Å². The number of anilines is 3. The third-order valence-corrected chi connectivity index (χ3v) is 6.59. The molecule has 0 bridgehead atoms. The Kier molecular flexibility index (Phi) is 6.11. The van der Waals surface area contributed by atoms with Crippen LogP contribution in [-0.4, -0.2) is 90.3 Å². The molecule has 2 aromatic rings. The molecule has 3 aliphatic heterocycles. The number of hydrogen-bond donors (Lipinski definition) is 1. The molecule has 0 amide bonds. The maximum absolute atomic E-state index is 13.1. The van der Waals surface area contributed by atoms with Crippen LogP contribution in [0.25, 0.3) is 0 Å². The number of likely N-dealkylation sites (tertiary alicyclic amines) is 1. The second-order valence-electron chi connectivity index (χ2n) is 8.99. The lowest BCUT2D eigenvalue weighted by molar-refractivity contribution is -0.137. The van der Waals surface area contributed by atoms with Crippen molar-refractivity contribution < 1.29 is 17.9 Å². The third-order valence-electron chi connectivity index (χ3n) is 6.59. The molecule has 0 spiro atoms. The van der Waals surface area contributed by atoms with E-state index in [4.69, 9.17) is 9.72 Å². The van der Waals surface area contributed by atoms with Crippen molar-refractivity contribution >= 4 is 17.6 Å². The van der Waals surface area contributed by atoms with Crippen LogP contribution in [-0.2, 0) is 10.9 Å². The van der Waals surface area contributed by atoms with Crippen molar-refractivity contribution in [2.75, 3.05) is 69.7 Å². The fourth-order valence-corrected chi connectivity index (χ4v) is 4.64. The third kappa shape index (κ3) is 5.04. The summed E-state index contributed by atoms with van der Waals surface area (Å²) < 4.78 is 44.8. The Morgan fingerprint density at radius 3 is 2.52 bits per heavy atom. The molecule has 1 unspecified atom stereocenters. The molecule has 0 aliphatic carbocycles. The number of hydrogen-bond acceptors (Lipinski definition) is 8. The molecule has 1 atom stereocenters. The first-order chi connectivity index (χ1) is 15.8. The lowest BCUT2D eigenvalue weighted by Crippen LogP contribution is -2.62. The number of ether oxygens (including phenoxy) is 1. The van der Waals surface area contributed by atoms with E-state index in [2.05, 4.69) is 37.0 Å². The van der Waals surface area contributed by atoms with Crippen molar-refractivity contribution in [3.8, 4) is 0 Å². The second-order valence-corrected chi connectivity index (χ2v) is 8.99. The molecule has 2 aromatic heterocycles. The molecule has 3 aliphatic rings. The largest absolute Gasteiger partial charge is 0.416 e. The van der Waals surface area contributed by atoms with Gasteiger partial charge in [-0.05, 0) is 32.1 Å². The molecular weight excluding hydrogens is 435 g/mol. The van der Waals surface area contributed by atoms with E-state index in [0.29, 0.717) is 17.8 Å². The van der Waals surface area contributed by atoms with Gasteiger partial charge in [0, 0.05) is 56.9 Å². The van der Waals surface area contributed by atoms with Gasteiger partial charge < -0.3 is 19.9 Å². The summed E-state index contributed by atoms with van der Waals surface area (Å²) in [6, 6.07) is 4.25. The van der Waals surface area contributed by atoms with Crippen molar-refractivity contribution in [1.29, 1.82) is 0 Å². The summed E-state index contributed by atoms with van der Waals surface area (Å²) >= 11 is 0. The van der Waals surface area contributed by atoms with Crippen molar-refractivity contribution in [3.63, 3.8) is 0 Å². The summed E-state index contributed by atoms with van der Waals surface area (Å²) in [5, 5.41) is 2.98. The summed E-state index contributed by atoms with van der Waals surface area (Å²) in [5.74, 6) is 1.45. The molecule has 8 nitrogen and oxygen atoms in total. The topological polar surface area (TPSA) is 69.7 Å². The minimum absolute atomic E-state index is 0.110. The highest BCUT2D eigenvalue weighted by atomic mass is 19.4. The Bertz CT molecular complexity index is 977. The molecular formula is C22H28F3N7O. The minimum atomic E-state index is -4.43. The van der Waals surface area contributed by atoms with Crippen LogP contribution in [0.15, 0.2) is 24.4 Å². The van der Waals surface area contributed by atoms with Crippen molar-refractivity contribution in [3.05, 3.63) is 35.7 Å². The van der Waals surface area contributed by atoms with Gasteiger partial charge in [-0.1, -0.05) is 0 Å². The lowest BCUT2D eigenvalue weighted by atomic mass is 10.0. The highest BCUT2D eigenvalue weighted by Gasteiger charge is 2.35. The van der Waals surface area contributed by atoms with Crippen molar-refractivity contribution in [2.24, 2.45) is 0 Å². The molecule has 5 rings (SSSR count). The van der Waals surface area contributed by atoms with E-state index < -0.39 is 11.7 Å². The van der Waals surface area contributed by atoms with Gasteiger partial charge in [-0.2, -0.15) is 18.2 Å². The Morgan fingerprint density at radius 2 is 1.82 bits per heavy atom. The SMILES string of the molecule is CN1CCC(c2cc(Nc3cc(C(F)(F)F)ccn3)nc(N3CC(N4CCOCC4)C3)n2)C1. The van der Waals surface area contributed by atoms with Crippen LogP contribution in [0.2, 0.25) is 0 Å². The number of aromatic nitrogens is 3. The first kappa shape index (κ1) is 22.3. The highest BCUT2D eigenvalue weighted by molar-refractivity contribution is 5.56. The minimum Gasteiger partial charge on any atom is -0.379 e. The van der Waals surface area contributed by atoms with Gasteiger partial charge in [-0.25, -0.2) is 9.97 Å². The predicted octanol–water partition coefficient (Wildman–Crippen LogP) is 2.57. The van der Waals surface area contributed by atoms with Gasteiger partial charge in [0.15, 0.2) is 0 Å². The van der Waals surface area contributed by atoms with Crippen LogP contribution in [0.5, 0.6) is 0 Å². The monoisotopic (exact) mass is 463 g/mol. The van der Waals surface area contributed by atoms with Crippen molar-refractivity contribution in [2.45, 2.75) is 24.6 Å². The number of rotatable bonds is 5. The zero-order valence-corrected chi connectivity index (χ0v) is 18.6. The van der Waals surface area contributed by atoms with Gasteiger partial charge in [0.25, 0.3) is 0 Å². The molecule has 0 radical (unpaired) electrons. The van der Waals surface area contributed by atoms with E-state index in [9.17, 15) is 13.2 Å². The Labute approximate surface area is 190 Å². The number of nitrogens with zero attached hydrogens (tertiary/aromatic N) is 6. The summed E-state index contributed by atoms with van der Waals surface area (Å²) in [5.41, 5.74) is 0.164. The number of alkyl halides is 3. The van der Waals surface area contributed by atoms with Crippen LogP contribution < -0.4 is 10.2 Å². The number of likely N-dealkylation sites (N-methyl/N-ethyl adjacent to an activating group) is 1. The Balaban J connectivity index is 1.37.